The molecule has 0 radical (unpaired) electrons. The van der Waals surface area contributed by atoms with Crippen LogP contribution in [0.25, 0.3) is 0 Å². The molecule has 2 aromatic rings. The zero-order chi connectivity index (χ0) is 14.5. The molecule has 20 heavy (non-hydrogen) atoms. The third-order valence-corrected chi connectivity index (χ3v) is 3.39. The van der Waals surface area contributed by atoms with Crippen molar-refractivity contribution in [1.29, 1.82) is 0 Å². The van der Waals surface area contributed by atoms with Crippen LogP contribution in [0.3, 0.4) is 0 Å². The Bertz CT molecular complexity index is 617. The summed E-state index contributed by atoms with van der Waals surface area (Å²) in [5.74, 6) is 2.19. The molecule has 1 N–H and O–H groups in total. The highest BCUT2D eigenvalue weighted by atomic mass is 16.5. The lowest BCUT2D eigenvalue weighted by Crippen LogP contribution is -2.10. The van der Waals surface area contributed by atoms with Crippen molar-refractivity contribution < 1.29 is 4.74 Å². The number of ether oxygens (including phenoxy) is 1. The van der Waals surface area contributed by atoms with Crippen LogP contribution in [-0.4, -0.2) is 9.97 Å². The smallest absolute Gasteiger partial charge is 0.254 e. The summed E-state index contributed by atoms with van der Waals surface area (Å²) in [6.07, 6.45) is 1.77. The fraction of sp³-hybridized carbons (Fsp3) is 0.375. The minimum atomic E-state index is -0.192. The lowest BCUT2D eigenvalue weighted by molar-refractivity contribution is 0.457. The summed E-state index contributed by atoms with van der Waals surface area (Å²) in [7, 11) is 0. The standard InChI is InChI=1S/C16H20N2O2/c1-4-11(3)12-6-8-13(9-7-12)20-16-10-15(19)17-14(5-2)18-16/h6-11H,4-5H2,1-3H3,(H,17,18,19). The molecular formula is C16H20N2O2. The van der Waals surface area contributed by atoms with E-state index in [2.05, 4.69) is 35.9 Å². The second kappa shape index (κ2) is 6.37. The van der Waals surface area contributed by atoms with Crippen LogP contribution < -0.4 is 10.3 Å². The van der Waals surface area contributed by atoms with Crippen molar-refractivity contribution in [3.05, 3.63) is 52.1 Å². The summed E-state index contributed by atoms with van der Waals surface area (Å²) in [5, 5.41) is 0. The molecule has 0 aliphatic carbocycles. The fourth-order valence-corrected chi connectivity index (χ4v) is 1.92. The topological polar surface area (TPSA) is 55.0 Å². The summed E-state index contributed by atoms with van der Waals surface area (Å²) >= 11 is 0. The molecule has 0 amide bonds. The Morgan fingerprint density at radius 2 is 1.95 bits per heavy atom. The Balaban J connectivity index is 2.18. The van der Waals surface area contributed by atoms with Crippen molar-refractivity contribution in [3.8, 4) is 11.6 Å². The predicted octanol–water partition coefficient (Wildman–Crippen LogP) is 3.64. The summed E-state index contributed by atoms with van der Waals surface area (Å²) in [6, 6.07) is 9.29. The second-order valence-corrected chi connectivity index (χ2v) is 4.86. The zero-order valence-electron chi connectivity index (χ0n) is 12.1. The van der Waals surface area contributed by atoms with Crippen LogP contribution in [0.5, 0.6) is 11.6 Å². The number of nitrogens with zero attached hydrogens (tertiary/aromatic N) is 1. The lowest BCUT2D eigenvalue weighted by atomic mass is 9.99. The molecule has 1 atom stereocenters. The molecule has 1 aromatic heterocycles. The van der Waals surface area contributed by atoms with Crippen LogP contribution in [0.4, 0.5) is 0 Å². The van der Waals surface area contributed by atoms with E-state index in [1.54, 1.807) is 0 Å². The number of benzene rings is 1. The molecule has 1 heterocycles. The summed E-state index contributed by atoms with van der Waals surface area (Å²) in [4.78, 5) is 18.4. The first kappa shape index (κ1) is 14.3. The maximum Gasteiger partial charge on any atom is 0.254 e. The molecule has 4 heteroatoms. The number of nitrogens with one attached hydrogen (secondary N) is 1. The number of aromatic nitrogens is 2. The largest absolute Gasteiger partial charge is 0.439 e. The molecule has 4 nitrogen and oxygen atoms in total. The zero-order valence-corrected chi connectivity index (χ0v) is 12.1. The average Bonchev–Trinajstić information content (AvgIpc) is 2.46. The van der Waals surface area contributed by atoms with Crippen molar-refractivity contribution in [2.45, 2.75) is 39.5 Å². The third kappa shape index (κ3) is 3.47. The molecule has 0 spiro atoms. The van der Waals surface area contributed by atoms with Gasteiger partial charge in [0.1, 0.15) is 11.6 Å². The van der Waals surface area contributed by atoms with Gasteiger partial charge in [-0.15, -0.1) is 0 Å². The molecule has 0 bridgehead atoms. The summed E-state index contributed by atoms with van der Waals surface area (Å²) in [6.45, 7) is 6.30. The number of H-pyrrole nitrogens is 1. The van der Waals surface area contributed by atoms with Crippen LogP contribution >= 0.6 is 0 Å². The van der Waals surface area contributed by atoms with Gasteiger partial charge in [-0.3, -0.25) is 4.79 Å². The molecule has 0 fully saturated rings. The molecule has 0 aliphatic rings. The maximum absolute atomic E-state index is 11.5. The molecule has 1 unspecified atom stereocenters. The first-order valence-corrected chi connectivity index (χ1v) is 7.00. The summed E-state index contributed by atoms with van der Waals surface area (Å²) < 4.78 is 5.64. The predicted molar refractivity (Wildman–Crippen MR) is 79.5 cm³/mol. The van der Waals surface area contributed by atoms with Crippen molar-refractivity contribution in [1.82, 2.24) is 9.97 Å². The Kier molecular flexibility index (Phi) is 4.56. The molecule has 2 rings (SSSR count). The van der Waals surface area contributed by atoms with Crippen molar-refractivity contribution in [3.63, 3.8) is 0 Å². The van der Waals surface area contributed by atoms with E-state index >= 15 is 0 Å². The third-order valence-electron chi connectivity index (χ3n) is 3.39. The van der Waals surface area contributed by atoms with Gasteiger partial charge in [-0.1, -0.05) is 32.9 Å². The number of rotatable bonds is 5. The van der Waals surface area contributed by atoms with Gasteiger partial charge in [0.25, 0.3) is 5.56 Å². The van der Waals surface area contributed by atoms with E-state index in [1.807, 2.05) is 19.1 Å². The quantitative estimate of drug-likeness (QED) is 0.904. The summed E-state index contributed by atoms with van der Waals surface area (Å²) in [5.41, 5.74) is 1.09. The number of aryl methyl sites for hydroxylation is 1. The molecular weight excluding hydrogens is 252 g/mol. The van der Waals surface area contributed by atoms with E-state index in [-0.39, 0.29) is 5.56 Å². The Morgan fingerprint density at radius 1 is 1.25 bits per heavy atom. The number of hydrogen-bond donors (Lipinski definition) is 1. The highest BCUT2D eigenvalue weighted by molar-refractivity contribution is 5.31. The van der Waals surface area contributed by atoms with E-state index in [4.69, 9.17) is 4.74 Å². The van der Waals surface area contributed by atoms with Gasteiger partial charge in [-0.25, -0.2) is 0 Å². The molecule has 0 aliphatic heterocycles. The number of aromatic amines is 1. The van der Waals surface area contributed by atoms with Crippen LogP contribution in [0, 0.1) is 0 Å². The van der Waals surface area contributed by atoms with Gasteiger partial charge < -0.3 is 9.72 Å². The van der Waals surface area contributed by atoms with Crippen molar-refractivity contribution >= 4 is 0 Å². The minimum absolute atomic E-state index is 0.192. The van der Waals surface area contributed by atoms with Crippen molar-refractivity contribution in [2.75, 3.05) is 0 Å². The van der Waals surface area contributed by atoms with Gasteiger partial charge in [-0.05, 0) is 30.0 Å². The van der Waals surface area contributed by atoms with Gasteiger partial charge in [-0.2, -0.15) is 4.98 Å². The van der Waals surface area contributed by atoms with E-state index in [9.17, 15) is 4.79 Å². The van der Waals surface area contributed by atoms with Crippen LogP contribution in [0.15, 0.2) is 35.1 Å². The van der Waals surface area contributed by atoms with Gasteiger partial charge in [0, 0.05) is 6.42 Å². The van der Waals surface area contributed by atoms with Gasteiger partial charge in [0.2, 0.25) is 5.88 Å². The Morgan fingerprint density at radius 3 is 2.55 bits per heavy atom. The van der Waals surface area contributed by atoms with Crippen LogP contribution in [0.2, 0.25) is 0 Å². The van der Waals surface area contributed by atoms with Gasteiger partial charge >= 0.3 is 0 Å². The lowest BCUT2D eigenvalue weighted by Gasteiger charge is -2.10. The van der Waals surface area contributed by atoms with Gasteiger partial charge in [0.15, 0.2) is 0 Å². The van der Waals surface area contributed by atoms with E-state index in [0.29, 0.717) is 29.8 Å². The van der Waals surface area contributed by atoms with Crippen LogP contribution in [-0.2, 0) is 6.42 Å². The first-order valence-electron chi connectivity index (χ1n) is 7.00. The van der Waals surface area contributed by atoms with E-state index < -0.39 is 0 Å². The fourth-order valence-electron chi connectivity index (χ4n) is 1.92. The molecule has 0 saturated heterocycles. The van der Waals surface area contributed by atoms with Crippen molar-refractivity contribution in [2.24, 2.45) is 0 Å². The molecule has 0 saturated carbocycles. The number of hydrogen-bond acceptors (Lipinski definition) is 3. The minimum Gasteiger partial charge on any atom is -0.439 e. The van der Waals surface area contributed by atoms with E-state index in [1.165, 1.54) is 11.6 Å². The Labute approximate surface area is 118 Å². The van der Waals surface area contributed by atoms with Gasteiger partial charge in [0.05, 0.1) is 6.07 Å². The second-order valence-electron chi connectivity index (χ2n) is 4.86. The monoisotopic (exact) mass is 272 g/mol. The SMILES string of the molecule is CCc1nc(Oc2ccc(C(C)CC)cc2)cc(=O)[nH]1. The average molecular weight is 272 g/mol. The first-order chi connectivity index (χ1) is 9.62. The van der Waals surface area contributed by atoms with Crippen LogP contribution in [0.1, 0.15) is 44.5 Å². The maximum atomic E-state index is 11.5. The normalized spacial score (nSPS) is 12.2. The highest BCUT2D eigenvalue weighted by Crippen LogP contribution is 2.23. The molecule has 1 aromatic carbocycles. The Hall–Kier alpha value is -2.10. The highest BCUT2D eigenvalue weighted by Gasteiger charge is 2.05. The molecule has 106 valence electrons. The van der Waals surface area contributed by atoms with E-state index in [0.717, 1.165) is 6.42 Å².